The van der Waals surface area contributed by atoms with Crippen molar-refractivity contribution >= 4 is 0 Å². The van der Waals surface area contributed by atoms with Crippen LogP contribution in [0.1, 0.15) is 47.2 Å². The van der Waals surface area contributed by atoms with E-state index in [0.29, 0.717) is 41.1 Å². The van der Waals surface area contributed by atoms with E-state index in [2.05, 4.69) is 98.9 Å². The Bertz CT molecular complexity index is 2100. The summed E-state index contributed by atoms with van der Waals surface area (Å²) < 4.78 is 38.1. The Morgan fingerprint density at radius 2 is 1.54 bits per heavy atom. The number of aryl methyl sites for hydroxylation is 1. The van der Waals surface area contributed by atoms with E-state index in [-0.39, 0.29) is 6.04 Å². The summed E-state index contributed by atoms with van der Waals surface area (Å²) in [4.78, 5) is 4.80. The van der Waals surface area contributed by atoms with Crippen LogP contribution in [0.15, 0.2) is 103 Å². The molecule has 4 aliphatic heterocycles. The van der Waals surface area contributed by atoms with E-state index in [4.69, 9.17) is 28.4 Å². The van der Waals surface area contributed by atoms with Crippen LogP contribution in [-0.2, 0) is 24.0 Å². The van der Waals surface area contributed by atoms with Crippen molar-refractivity contribution in [2.75, 3.05) is 55.6 Å². The summed E-state index contributed by atoms with van der Waals surface area (Å²) in [5.41, 5.74) is 9.58. The van der Waals surface area contributed by atoms with Gasteiger partial charge in [-0.3, -0.25) is 9.80 Å². The van der Waals surface area contributed by atoms with Gasteiger partial charge in [0, 0.05) is 41.9 Å². The summed E-state index contributed by atoms with van der Waals surface area (Å²) in [6.07, 6.45) is 7.08. The fourth-order valence-electron chi connectivity index (χ4n) is 8.40. The normalized spacial score (nSPS) is 21.3. The van der Waals surface area contributed by atoms with Gasteiger partial charge < -0.3 is 28.4 Å². The molecule has 4 aromatic carbocycles. The number of fused-ring (bicyclic) bond motifs is 3. The standard InChI is InChI=1S/C46H52N2O6/c1-10-32-21-24-48(5)46(3)28-30-13-18-34(19-14-30)53-39-26-31(15-20-38(39)49-6)25-37-42-35(22-23-47(37)4)41(33-16-11-29(2)12-17-33)43(51-8)45(52-9)44(42)54-40(50-7)27-36(32)46/h10-20,26-27,37H,1,21-25,28H2,2-9H3/b40-27+/t37-,46-/m0/s1. The van der Waals surface area contributed by atoms with Crippen LogP contribution in [-0.4, -0.2) is 71.0 Å². The number of likely N-dealkylation sites (N-methyl/N-ethyl adjacent to an activating group) is 2. The van der Waals surface area contributed by atoms with Gasteiger partial charge in [0.05, 0.1) is 28.4 Å². The van der Waals surface area contributed by atoms with Crippen molar-refractivity contribution in [2.45, 2.75) is 51.1 Å². The average Bonchev–Trinajstić information content (AvgIpc) is 3.18. The van der Waals surface area contributed by atoms with Gasteiger partial charge in [-0.1, -0.05) is 60.7 Å². The molecule has 0 fully saturated rings. The van der Waals surface area contributed by atoms with Gasteiger partial charge in [0.1, 0.15) is 5.75 Å². The zero-order valence-electron chi connectivity index (χ0n) is 32.9. The molecule has 8 rings (SSSR count). The van der Waals surface area contributed by atoms with E-state index in [1.54, 1.807) is 28.4 Å². The second-order valence-corrected chi connectivity index (χ2v) is 14.7. The van der Waals surface area contributed by atoms with Gasteiger partial charge in [-0.15, -0.1) is 0 Å². The molecule has 2 atom stereocenters. The van der Waals surface area contributed by atoms with Crippen molar-refractivity contribution in [3.8, 4) is 45.6 Å². The molecule has 54 heavy (non-hydrogen) atoms. The van der Waals surface area contributed by atoms with E-state index in [1.165, 1.54) is 11.1 Å². The van der Waals surface area contributed by atoms with Gasteiger partial charge in [0.15, 0.2) is 23.0 Å². The first-order valence-electron chi connectivity index (χ1n) is 18.6. The molecule has 4 aliphatic rings. The van der Waals surface area contributed by atoms with Crippen molar-refractivity contribution in [1.82, 2.24) is 9.80 Å². The fourth-order valence-corrected chi connectivity index (χ4v) is 8.40. The number of ether oxygens (including phenoxy) is 6. The number of benzene rings is 4. The second-order valence-electron chi connectivity index (χ2n) is 14.7. The molecule has 282 valence electrons. The van der Waals surface area contributed by atoms with Crippen LogP contribution in [0.25, 0.3) is 11.1 Å². The minimum Gasteiger partial charge on any atom is -0.493 e. The highest BCUT2D eigenvalue weighted by Gasteiger charge is 2.40. The van der Waals surface area contributed by atoms with E-state index in [1.807, 2.05) is 24.3 Å². The lowest BCUT2D eigenvalue weighted by Gasteiger charge is -2.45. The van der Waals surface area contributed by atoms with Crippen molar-refractivity contribution in [2.24, 2.45) is 0 Å². The van der Waals surface area contributed by atoms with Crippen LogP contribution in [0.3, 0.4) is 0 Å². The van der Waals surface area contributed by atoms with Gasteiger partial charge in [-0.05, 0) is 111 Å². The average molecular weight is 729 g/mol. The van der Waals surface area contributed by atoms with Crippen LogP contribution in [0, 0.1) is 6.92 Å². The maximum absolute atomic E-state index is 7.07. The van der Waals surface area contributed by atoms with Gasteiger partial charge in [-0.25, -0.2) is 0 Å². The predicted molar refractivity (Wildman–Crippen MR) is 214 cm³/mol. The maximum Gasteiger partial charge on any atom is 0.284 e. The number of nitrogens with zero attached hydrogens (tertiary/aromatic N) is 2. The molecule has 4 aromatic rings. The summed E-state index contributed by atoms with van der Waals surface area (Å²) in [6, 6.07) is 23.1. The highest BCUT2D eigenvalue weighted by Crippen LogP contribution is 2.55. The molecule has 0 spiro atoms. The van der Waals surface area contributed by atoms with E-state index in [0.717, 1.165) is 77.1 Å². The van der Waals surface area contributed by atoms with Gasteiger partial charge in [0.25, 0.3) is 5.95 Å². The first kappa shape index (κ1) is 37.1. The summed E-state index contributed by atoms with van der Waals surface area (Å²) >= 11 is 0. The molecule has 4 heterocycles. The number of hydrogen-bond donors (Lipinski definition) is 0. The topological polar surface area (TPSA) is 61.9 Å². The Morgan fingerprint density at radius 1 is 0.815 bits per heavy atom. The molecule has 0 amide bonds. The molecule has 0 saturated carbocycles. The molecule has 0 unspecified atom stereocenters. The Labute approximate surface area is 320 Å². The molecule has 0 N–H and O–H groups in total. The minimum absolute atomic E-state index is 0.0979. The first-order chi connectivity index (χ1) is 26.1. The van der Waals surface area contributed by atoms with Crippen LogP contribution in [0.5, 0.6) is 34.5 Å². The van der Waals surface area contributed by atoms with Gasteiger partial charge in [-0.2, -0.15) is 0 Å². The monoisotopic (exact) mass is 728 g/mol. The predicted octanol–water partition coefficient (Wildman–Crippen LogP) is 9.25. The molecular formula is C46H52N2O6. The molecule has 0 aromatic heterocycles. The minimum atomic E-state index is -0.403. The molecular weight excluding hydrogens is 677 g/mol. The third-order valence-electron chi connectivity index (χ3n) is 11.6. The highest BCUT2D eigenvalue weighted by atomic mass is 16.7. The Kier molecular flexibility index (Phi) is 10.5. The Balaban J connectivity index is 1.53. The second kappa shape index (κ2) is 15.3. The quantitative estimate of drug-likeness (QED) is 0.195. The lowest BCUT2D eigenvalue weighted by atomic mass is 9.77. The lowest BCUT2D eigenvalue weighted by Crippen LogP contribution is -2.50. The molecule has 0 aliphatic carbocycles. The van der Waals surface area contributed by atoms with Crippen molar-refractivity contribution in [3.05, 3.63) is 130 Å². The van der Waals surface area contributed by atoms with Crippen LogP contribution in [0.4, 0.5) is 0 Å². The van der Waals surface area contributed by atoms with Crippen LogP contribution in [0.2, 0.25) is 0 Å². The lowest BCUT2D eigenvalue weighted by molar-refractivity contribution is 0.135. The van der Waals surface area contributed by atoms with E-state index >= 15 is 0 Å². The zero-order chi connectivity index (χ0) is 38.1. The smallest absolute Gasteiger partial charge is 0.284 e. The molecule has 8 heteroatoms. The number of rotatable bonds is 6. The fraction of sp³-hybridized carbons (Fsp3) is 0.348. The largest absolute Gasteiger partial charge is 0.493 e. The molecule has 0 saturated heterocycles. The number of methoxy groups -OCH3 is 4. The van der Waals surface area contributed by atoms with E-state index in [9.17, 15) is 0 Å². The van der Waals surface area contributed by atoms with Crippen LogP contribution < -0.4 is 23.7 Å². The number of hydrogen-bond acceptors (Lipinski definition) is 8. The highest BCUT2D eigenvalue weighted by molar-refractivity contribution is 5.83. The Hall–Kier alpha value is -5.18. The summed E-state index contributed by atoms with van der Waals surface area (Å²) in [5, 5.41) is 0. The van der Waals surface area contributed by atoms with Gasteiger partial charge >= 0.3 is 0 Å². The first-order valence-corrected chi connectivity index (χ1v) is 18.6. The Morgan fingerprint density at radius 3 is 2.20 bits per heavy atom. The summed E-state index contributed by atoms with van der Waals surface area (Å²) in [6.45, 7) is 10.3. The van der Waals surface area contributed by atoms with E-state index < -0.39 is 5.54 Å². The molecule has 0 radical (unpaired) electrons. The van der Waals surface area contributed by atoms with Crippen molar-refractivity contribution < 1.29 is 28.4 Å². The summed E-state index contributed by atoms with van der Waals surface area (Å²) in [7, 11) is 11.1. The van der Waals surface area contributed by atoms with Crippen LogP contribution >= 0.6 is 0 Å². The third kappa shape index (κ3) is 6.73. The maximum atomic E-state index is 7.07. The number of allylic oxidation sites excluding steroid dienone is 1. The molecule has 4 bridgehead atoms. The summed E-state index contributed by atoms with van der Waals surface area (Å²) in [5.74, 6) is 4.17. The van der Waals surface area contributed by atoms with Crippen molar-refractivity contribution in [3.63, 3.8) is 0 Å². The molecule has 8 nitrogen and oxygen atoms in total. The third-order valence-corrected chi connectivity index (χ3v) is 11.6. The van der Waals surface area contributed by atoms with Gasteiger partial charge in [0.2, 0.25) is 5.75 Å². The zero-order valence-corrected chi connectivity index (χ0v) is 32.9. The van der Waals surface area contributed by atoms with Crippen molar-refractivity contribution in [1.29, 1.82) is 0 Å². The SMILES string of the molecule is C=CC1=C2/C=C(\OC)Oc3c(OC)c(OC)c(-c4ccc(C)cc4)c4c3[C@H](Cc3ccc(OC)c(c3)Oc3ccc(cc3)C[C@]2(C)N(C)CC1)N(C)CC4.